The maximum atomic E-state index is 13.2. The van der Waals surface area contributed by atoms with Gasteiger partial charge < -0.3 is 4.57 Å². The van der Waals surface area contributed by atoms with Gasteiger partial charge in [-0.05, 0) is 39.7 Å². The number of amides is 1. The van der Waals surface area contributed by atoms with Gasteiger partial charge in [-0.3, -0.25) is 14.9 Å². The van der Waals surface area contributed by atoms with Crippen LogP contribution in [0.2, 0.25) is 0 Å². The van der Waals surface area contributed by atoms with Crippen molar-refractivity contribution < 1.29 is 14.0 Å². The Morgan fingerprint density at radius 2 is 1.89 bits per heavy atom. The van der Waals surface area contributed by atoms with Crippen molar-refractivity contribution in [2.24, 2.45) is 0 Å². The molecule has 4 rings (SSSR count). The van der Waals surface area contributed by atoms with E-state index >= 15 is 0 Å². The van der Waals surface area contributed by atoms with E-state index in [2.05, 4.69) is 26.2 Å². The number of halogens is 2. The van der Waals surface area contributed by atoms with Crippen LogP contribution in [0.4, 0.5) is 9.52 Å². The van der Waals surface area contributed by atoms with Crippen LogP contribution in [0.5, 0.6) is 0 Å². The van der Waals surface area contributed by atoms with E-state index in [-0.39, 0.29) is 5.82 Å². The molecule has 0 aliphatic heterocycles. The number of hydrogen-bond acceptors (Lipinski definition) is 4. The largest absolute Gasteiger partial charge is 0.342 e. The Kier molecular flexibility index (Phi) is 5.06. The molecule has 0 unspecified atom stereocenters. The SMILES string of the molecule is O=C(Nc1ncc(Br)s1)C(=O)c1cn(Cc2ccc(F)cc2)c2ccccc12. The molecule has 5 nitrogen and oxygen atoms in total. The number of thiazole rings is 1. The molecule has 1 N–H and O–H groups in total. The van der Waals surface area contributed by atoms with E-state index < -0.39 is 11.7 Å². The molecule has 0 bridgehead atoms. The summed E-state index contributed by atoms with van der Waals surface area (Å²) in [5.74, 6) is -1.69. The fourth-order valence-corrected chi connectivity index (χ4v) is 4.04. The Bertz CT molecular complexity index is 1180. The van der Waals surface area contributed by atoms with Crippen LogP contribution in [-0.4, -0.2) is 21.2 Å². The molecule has 0 aliphatic rings. The van der Waals surface area contributed by atoms with Gasteiger partial charge >= 0.3 is 0 Å². The molecule has 4 aromatic rings. The van der Waals surface area contributed by atoms with E-state index in [1.807, 2.05) is 22.8 Å². The summed E-state index contributed by atoms with van der Waals surface area (Å²) in [6.45, 7) is 0.453. The zero-order chi connectivity index (χ0) is 19.7. The Morgan fingerprint density at radius 3 is 2.61 bits per heavy atom. The summed E-state index contributed by atoms with van der Waals surface area (Å²) in [6.07, 6.45) is 3.22. The minimum Gasteiger partial charge on any atom is -0.342 e. The number of benzene rings is 2. The van der Waals surface area contributed by atoms with Gasteiger partial charge in [-0.25, -0.2) is 9.37 Å². The third-order valence-electron chi connectivity index (χ3n) is 4.20. The van der Waals surface area contributed by atoms with Crippen molar-refractivity contribution in [3.63, 3.8) is 0 Å². The van der Waals surface area contributed by atoms with Crippen LogP contribution < -0.4 is 5.32 Å². The van der Waals surface area contributed by atoms with Gasteiger partial charge in [0.25, 0.3) is 11.7 Å². The molecule has 28 heavy (non-hydrogen) atoms. The topological polar surface area (TPSA) is 64.0 Å². The normalized spacial score (nSPS) is 10.9. The zero-order valence-electron chi connectivity index (χ0n) is 14.4. The number of carbonyl (C=O) groups is 2. The van der Waals surface area contributed by atoms with E-state index in [1.54, 1.807) is 30.6 Å². The number of hydrogen-bond donors (Lipinski definition) is 1. The van der Waals surface area contributed by atoms with Gasteiger partial charge in [0, 0.05) is 23.6 Å². The van der Waals surface area contributed by atoms with Gasteiger partial charge in [-0.2, -0.15) is 0 Å². The van der Waals surface area contributed by atoms with Gasteiger partial charge in [0.05, 0.1) is 15.5 Å². The molecule has 140 valence electrons. The molecule has 2 aromatic heterocycles. The summed E-state index contributed by atoms with van der Waals surface area (Å²) in [5, 5.41) is 3.56. The fourth-order valence-electron chi connectivity index (χ4n) is 2.93. The number of fused-ring (bicyclic) bond motifs is 1. The maximum absolute atomic E-state index is 13.2. The van der Waals surface area contributed by atoms with Gasteiger partial charge in [-0.15, -0.1) is 0 Å². The van der Waals surface area contributed by atoms with Crippen LogP contribution in [0.15, 0.2) is 64.7 Å². The van der Waals surface area contributed by atoms with Crippen molar-refractivity contribution in [3.05, 3.63) is 81.7 Å². The van der Waals surface area contributed by atoms with Crippen LogP contribution >= 0.6 is 27.3 Å². The highest BCUT2D eigenvalue weighted by atomic mass is 79.9. The Balaban J connectivity index is 1.66. The van der Waals surface area contributed by atoms with Gasteiger partial charge in [0.15, 0.2) is 5.13 Å². The predicted molar refractivity (Wildman–Crippen MR) is 110 cm³/mol. The highest BCUT2D eigenvalue weighted by Gasteiger charge is 2.22. The summed E-state index contributed by atoms with van der Waals surface area (Å²) in [4.78, 5) is 29.2. The lowest BCUT2D eigenvalue weighted by Gasteiger charge is -2.05. The summed E-state index contributed by atoms with van der Waals surface area (Å²) < 4.78 is 15.8. The summed E-state index contributed by atoms with van der Waals surface area (Å²) in [5.41, 5.74) is 2.02. The second-order valence-electron chi connectivity index (χ2n) is 6.07. The van der Waals surface area contributed by atoms with Crippen LogP contribution in [-0.2, 0) is 11.3 Å². The lowest BCUT2D eigenvalue weighted by atomic mass is 10.1. The lowest BCUT2D eigenvalue weighted by Crippen LogP contribution is -2.22. The molecule has 2 heterocycles. The van der Waals surface area contributed by atoms with E-state index in [1.165, 1.54) is 23.5 Å². The minimum atomic E-state index is -0.744. The average molecular weight is 458 g/mol. The number of ketones is 1. The van der Waals surface area contributed by atoms with E-state index in [0.29, 0.717) is 22.6 Å². The molecular formula is C20H13BrFN3O2S. The van der Waals surface area contributed by atoms with Crippen molar-refractivity contribution in [2.75, 3.05) is 5.32 Å². The van der Waals surface area contributed by atoms with E-state index in [0.717, 1.165) is 14.9 Å². The molecule has 1 amide bonds. The smallest absolute Gasteiger partial charge is 0.298 e. The fraction of sp³-hybridized carbons (Fsp3) is 0.0500. The van der Waals surface area contributed by atoms with Crippen LogP contribution in [0.1, 0.15) is 15.9 Å². The molecule has 0 radical (unpaired) electrons. The van der Waals surface area contributed by atoms with Crippen molar-refractivity contribution in [1.29, 1.82) is 0 Å². The maximum Gasteiger partial charge on any atom is 0.298 e. The second kappa shape index (κ2) is 7.65. The molecule has 0 saturated heterocycles. The Hall–Kier alpha value is -2.84. The van der Waals surface area contributed by atoms with Crippen molar-refractivity contribution in [2.45, 2.75) is 6.54 Å². The standard InChI is InChI=1S/C20H13BrFN3O2S/c21-17-9-23-20(28-17)24-19(27)18(26)15-11-25(16-4-2-1-3-14(15)16)10-12-5-7-13(22)8-6-12/h1-9,11H,10H2,(H,23,24,27). The number of Topliss-reactive ketones (excluding diaryl/α,β-unsaturated/α-hetero) is 1. The first kappa shape index (κ1) is 18.5. The van der Waals surface area contributed by atoms with Crippen LogP contribution in [0.3, 0.4) is 0 Å². The number of aromatic nitrogens is 2. The van der Waals surface area contributed by atoms with E-state index in [9.17, 15) is 14.0 Å². The van der Waals surface area contributed by atoms with Crippen molar-refractivity contribution in [3.8, 4) is 0 Å². The molecule has 0 atom stereocenters. The van der Waals surface area contributed by atoms with Gasteiger partial charge in [0.2, 0.25) is 0 Å². The summed E-state index contributed by atoms with van der Waals surface area (Å²) in [7, 11) is 0. The monoisotopic (exact) mass is 457 g/mol. The van der Waals surface area contributed by atoms with Crippen LogP contribution in [0, 0.1) is 5.82 Å². The summed E-state index contributed by atoms with van der Waals surface area (Å²) >= 11 is 4.49. The second-order valence-corrected chi connectivity index (χ2v) is 8.48. The third-order valence-corrected chi connectivity index (χ3v) is 5.60. The van der Waals surface area contributed by atoms with Crippen molar-refractivity contribution >= 4 is 55.0 Å². The summed E-state index contributed by atoms with van der Waals surface area (Å²) in [6, 6.07) is 13.5. The van der Waals surface area contributed by atoms with Gasteiger partial charge in [-0.1, -0.05) is 41.7 Å². The first-order chi connectivity index (χ1) is 13.5. The number of nitrogens with zero attached hydrogens (tertiary/aromatic N) is 2. The molecule has 0 saturated carbocycles. The van der Waals surface area contributed by atoms with Crippen LogP contribution in [0.25, 0.3) is 10.9 Å². The highest BCUT2D eigenvalue weighted by molar-refractivity contribution is 9.11. The van der Waals surface area contributed by atoms with E-state index in [4.69, 9.17) is 0 Å². The molecule has 8 heteroatoms. The average Bonchev–Trinajstić information content (AvgIpc) is 3.27. The third kappa shape index (κ3) is 3.74. The first-order valence-electron chi connectivity index (χ1n) is 8.30. The predicted octanol–water partition coefficient (Wildman–Crippen LogP) is 4.87. The molecular weight excluding hydrogens is 445 g/mol. The Morgan fingerprint density at radius 1 is 1.14 bits per heavy atom. The number of anilines is 1. The number of carbonyl (C=O) groups excluding carboxylic acids is 2. The van der Waals surface area contributed by atoms with Crippen molar-refractivity contribution in [1.82, 2.24) is 9.55 Å². The number of para-hydroxylation sites is 1. The first-order valence-corrected chi connectivity index (χ1v) is 9.91. The number of rotatable bonds is 5. The lowest BCUT2D eigenvalue weighted by molar-refractivity contribution is -0.112. The Labute approximate surface area is 172 Å². The molecule has 0 aliphatic carbocycles. The quantitative estimate of drug-likeness (QED) is 0.343. The van der Waals surface area contributed by atoms with Gasteiger partial charge in [0.1, 0.15) is 5.82 Å². The zero-order valence-corrected chi connectivity index (χ0v) is 16.8. The molecule has 0 spiro atoms. The minimum absolute atomic E-state index is 0.303. The highest BCUT2D eigenvalue weighted by Crippen LogP contribution is 2.25. The molecule has 2 aromatic carbocycles. The molecule has 0 fully saturated rings. The number of nitrogens with one attached hydrogen (secondary N) is 1.